The highest BCUT2D eigenvalue weighted by Gasteiger charge is 1.92. The lowest BCUT2D eigenvalue weighted by molar-refractivity contribution is 0.304. The van der Waals surface area contributed by atoms with Crippen LogP contribution in [0.5, 0.6) is 0 Å². The van der Waals surface area contributed by atoms with Crippen LogP contribution in [0.15, 0.2) is 30.3 Å². The molecule has 78 valence electrons. The van der Waals surface area contributed by atoms with Crippen molar-refractivity contribution in [3.63, 3.8) is 0 Å². The molecule has 0 fully saturated rings. The van der Waals surface area contributed by atoms with E-state index in [1.54, 1.807) is 6.92 Å². The van der Waals surface area contributed by atoms with Crippen LogP contribution >= 0.6 is 24.6 Å². The molecule has 0 aromatic heterocycles. The molecule has 0 heterocycles. The van der Waals surface area contributed by atoms with Gasteiger partial charge in [-0.25, -0.2) is 0 Å². The molecule has 0 atom stereocenters. The first-order valence-corrected chi connectivity index (χ1v) is 4.87. The summed E-state index contributed by atoms with van der Waals surface area (Å²) in [7, 11) is 0. The van der Waals surface area contributed by atoms with E-state index in [4.69, 9.17) is 17.0 Å². The number of thiocarbonyl (C=S) groups is 1. The van der Waals surface area contributed by atoms with Gasteiger partial charge < -0.3 is 4.74 Å². The van der Waals surface area contributed by atoms with E-state index in [0.717, 1.165) is 19.4 Å². The lowest BCUT2D eigenvalue weighted by atomic mass is 10.1. The Labute approximate surface area is 96.9 Å². The Balaban J connectivity index is 0.00000169. The van der Waals surface area contributed by atoms with Crippen molar-refractivity contribution in [2.75, 3.05) is 6.61 Å². The Hall–Kier alpha value is -0.600. The van der Waals surface area contributed by atoms with Gasteiger partial charge in [0.05, 0.1) is 6.61 Å². The monoisotopic (exact) mass is 230 g/mol. The van der Waals surface area contributed by atoms with Crippen molar-refractivity contribution in [1.82, 2.24) is 0 Å². The van der Waals surface area contributed by atoms with E-state index in [1.165, 1.54) is 5.56 Å². The molecule has 0 aliphatic heterocycles. The molecule has 1 rings (SSSR count). The molecule has 0 radical (unpaired) electrons. The molecule has 0 spiro atoms. The predicted molar refractivity (Wildman–Crippen MR) is 66.2 cm³/mol. The van der Waals surface area contributed by atoms with Crippen molar-refractivity contribution in [1.29, 1.82) is 0 Å². The summed E-state index contributed by atoms with van der Waals surface area (Å²) in [6, 6.07) is 10.4. The summed E-state index contributed by atoms with van der Waals surface area (Å²) in [4.78, 5) is 0. The first-order valence-electron chi connectivity index (χ1n) is 4.46. The predicted octanol–water partition coefficient (Wildman–Crippen LogP) is 3.40. The molecule has 0 amide bonds. The number of halogens is 1. The quantitative estimate of drug-likeness (QED) is 0.579. The number of rotatable bonds is 4. The second kappa shape index (κ2) is 7.77. The van der Waals surface area contributed by atoms with Crippen molar-refractivity contribution >= 4 is 29.7 Å². The summed E-state index contributed by atoms with van der Waals surface area (Å²) < 4.78 is 5.20. The van der Waals surface area contributed by atoms with Crippen LogP contribution in [0.2, 0.25) is 0 Å². The molecule has 0 saturated carbocycles. The van der Waals surface area contributed by atoms with E-state index in [1.807, 2.05) is 6.07 Å². The average Bonchev–Trinajstić information content (AvgIpc) is 2.14. The first-order chi connectivity index (χ1) is 6.29. The van der Waals surface area contributed by atoms with Crippen LogP contribution in [0, 0.1) is 0 Å². The molecule has 1 nitrogen and oxygen atoms in total. The van der Waals surface area contributed by atoms with E-state index < -0.39 is 0 Å². The Morgan fingerprint density at radius 3 is 2.50 bits per heavy atom. The highest BCUT2D eigenvalue weighted by molar-refractivity contribution is 7.80. The van der Waals surface area contributed by atoms with Crippen molar-refractivity contribution in [3.05, 3.63) is 35.9 Å². The van der Waals surface area contributed by atoms with Crippen molar-refractivity contribution < 1.29 is 4.74 Å². The SMILES string of the molecule is CC(=S)OCCCc1ccccc1.Cl. The zero-order chi connectivity index (χ0) is 9.52. The lowest BCUT2D eigenvalue weighted by Gasteiger charge is -2.03. The van der Waals surface area contributed by atoms with Crippen LogP contribution < -0.4 is 0 Å². The average molecular weight is 231 g/mol. The molecular weight excluding hydrogens is 216 g/mol. The van der Waals surface area contributed by atoms with Gasteiger partial charge in [-0.15, -0.1) is 12.4 Å². The molecule has 0 aliphatic carbocycles. The first kappa shape index (κ1) is 13.4. The summed E-state index contributed by atoms with van der Waals surface area (Å²) in [5, 5.41) is 0.632. The molecule has 0 aliphatic rings. The standard InChI is InChI=1S/C11H14OS.ClH/c1-10(13)12-9-5-8-11-6-3-2-4-7-11;/h2-4,6-7H,5,8-9H2,1H3;1H. The smallest absolute Gasteiger partial charge is 0.156 e. The fourth-order valence-electron chi connectivity index (χ4n) is 1.14. The third kappa shape index (κ3) is 5.95. The number of ether oxygens (including phenoxy) is 1. The van der Waals surface area contributed by atoms with Gasteiger partial charge in [0.15, 0.2) is 5.05 Å². The second-order valence-corrected chi connectivity index (χ2v) is 3.50. The highest BCUT2D eigenvalue weighted by atomic mass is 35.5. The zero-order valence-electron chi connectivity index (χ0n) is 8.23. The van der Waals surface area contributed by atoms with Gasteiger partial charge in [-0.1, -0.05) is 30.3 Å². The van der Waals surface area contributed by atoms with Crippen LogP contribution in [0.3, 0.4) is 0 Å². The molecule has 1 aromatic rings. The topological polar surface area (TPSA) is 9.23 Å². The van der Waals surface area contributed by atoms with Gasteiger partial charge in [0, 0.05) is 6.92 Å². The minimum Gasteiger partial charge on any atom is -0.487 e. The molecule has 0 N–H and O–H groups in total. The fraction of sp³-hybridized carbons (Fsp3) is 0.364. The van der Waals surface area contributed by atoms with Crippen LogP contribution in [-0.4, -0.2) is 11.7 Å². The number of hydrogen-bond donors (Lipinski definition) is 0. The third-order valence-electron chi connectivity index (χ3n) is 1.76. The maximum absolute atomic E-state index is 5.20. The molecule has 0 saturated heterocycles. The van der Waals surface area contributed by atoms with Gasteiger partial charge >= 0.3 is 0 Å². The Morgan fingerprint density at radius 2 is 1.93 bits per heavy atom. The van der Waals surface area contributed by atoms with Crippen LogP contribution in [0.25, 0.3) is 0 Å². The molecular formula is C11H15ClOS. The van der Waals surface area contributed by atoms with Gasteiger partial charge in [0.25, 0.3) is 0 Å². The van der Waals surface area contributed by atoms with E-state index in [0.29, 0.717) is 5.05 Å². The van der Waals surface area contributed by atoms with Crippen molar-refractivity contribution in [2.24, 2.45) is 0 Å². The van der Waals surface area contributed by atoms with E-state index >= 15 is 0 Å². The fourth-order valence-corrected chi connectivity index (χ4v) is 1.22. The molecule has 14 heavy (non-hydrogen) atoms. The summed E-state index contributed by atoms with van der Waals surface area (Å²) in [6.45, 7) is 2.53. The molecule has 3 heteroatoms. The van der Waals surface area contributed by atoms with E-state index in [9.17, 15) is 0 Å². The number of benzene rings is 1. The molecule has 1 aromatic carbocycles. The van der Waals surface area contributed by atoms with Crippen LogP contribution in [0.1, 0.15) is 18.9 Å². The number of hydrogen-bond acceptors (Lipinski definition) is 2. The Bertz CT molecular complexity index is 261. The van der Waals surface area contributed by atoms with Crippen LogP contribution in [-0.2, 0) is 11.2 Å². The van der Waals surface area contributed by atoms with E-state index in [2.05, 4.69) is 24.3 Å². The Morgan fingerprint density at radius 1 is 1.29 bits per heavy atom. The number of aryl methyl sites for hydroxylation is 1. The third-order valence-corrected chi connectivity index (χ3v) is 1.88. The minimum atomic E-state index is 0. The summed E-state index contributed by atoms with van der Waals surface area (Å²) in [5.41, 5.74) is 1.35. The highest BCUT2D eigenvalue weighted by Crippen LogP contribution is 2.02. The van der Waals surface area contributed by atoms with Gasteiger partial charge in [0.1, 0.15) is 0 Å². The summed E-state index contributed by atoms with van der Waals surface area (Å²) in [5.74, 6) is 0. The van der Waals surface area contributed by atoms with Gasteiger partial charge in [-0.2, -0.15) is 0 Å². The normalized spacial score (nSPS) is 8.93. The maximum Gasteiger partial charge on any atom is 0.156 e. The largest absolute Gasteiger partial charge is 0.487 e. The Kier molecular flexibility index (Phi) is 7.44. The van der Waals surface area contributed by atoms with Gasteiger partial charge in [-0.05, 0) is 30.6 Å². The minimum absolute atomic E-state index is 0. The summed E-state index contributed by atoms with van der Waals surface area (Å²) in [6.07, 6.45) is 2.08. The van der Waals surface area contributed by atoms with Gasteiger partial charge in [-0.3, -0.25) is 0 Å². The van der Waals surface area contributed by atoms with Gasteiger partial charge in [0.2, 0.25) is 0 Å². The zero-order valence-corrected chi connectivity index (χ0v) is 9.87. The lowest BCUT2D eigenvalue weighted by Crippen LogP contribution is -1.99. The van der Waals surface area contributed by atoms with Crippen molar-refractivity contribution in [3.8, 4) is 0 Å². The van der Waals surface area contributed by atoms with Crippen LogP contribution in [0.4, 0.5) is 0 Å². The molecule has 0 bridgehead atoms. The summed E-state index contributed by atoms with van der Waals surface area (Å²) >= 11 is 4.80. The van der Waals surface area contributed by atoms with Crippen molar-refractivity contribution in [2.45, 2.75) is 19.8 Å². The second-order valence-electron chi connectivity index (χ2n) is 2.93. The maximum atomic E-state index is 5.20. The van der Waals surface area contributed by atoms with E-state index in [-0.39, 0.29) is 12.4 Å². The molecule has 0 unspecified atom stereocenters.